The van der Waals surface area contributed by atoms with Gasteiger partial charge in [-0.15, -0.1) is 0 Å². The molecule has 0 aliphatic carbocycles. The fraction of sp³-hybridized carbons (Fsp3) is 0.385. The fourth-order valence-electron chi connectivity index (χ4n) is 1.89. The summed E-state index contributed by atoms with van der Waals surface area (Å²) in [5.41, 5.74) is 6.93. The second kappa shape index (κ2) is 6.19. The van der Waals surface area contributed by atoms with Crippen molar-refractivity contribution in [2.45, 2.75) is 12.8 Å². The van der Waals surface area contributed by atoms with Crippen LogP contribution in [0.4, 0.5) is 5.69 Å². The minimum atomic E-state index is -0.353. The van der Waals surface area contributed by atoms with Crippen LogP contribution in [0.3, 0.4) is 0 Å². The monoisotopic (exact) mass is 263 g/mol. The molecule has 0 spiro atoms. The van der Waals surface area contributed by atoms with Gasteiger partial charge in [0.1, 0.15) is 5.75 Å². The van der Waals surface area contributed by atoms with E-state index in [1.807, 2.05) is 12.1 Å². The van der Waals surface area contributed by atoms with Gasteiger partial charge >= 0.3 is 0 Å². The Hall–Kier alpha value is -2.08. The van der Waals surface area contributed by atoms with E-state index in [0.717, 1.165) is 30.8 Å². The lowest BCUT2D eigenvalue weighted by molar-refractivity contribution is -0.123. The highest BCUT2D eigenvalue weighted by molar-refractivity contribution is 5.94. The van der Waals surface area contributed by atoms with Gasteiger partial charge in [0.15, 0.2) is 0 Å². The maximum atomic E-state index is 11.6. The Labute approximate surface area is 111 Å². The molecular weight excluding hydrogens is 246 g/mol. The smallest absolute Gasteiger partial charge is 0.243 e. The maximum absolute atomic E-state index is 11.6. The van der Waals surface area contributed by atoms with E-state index in [-0.39, 0.29) is 24.9 Å². The number of anilines is 1. The summed E-state index contributed by atoms with van der Waals surface area (Å²) in [5.74, 6) is 0.244. The minimum Gasteiger partial charge on any atom is -0.493 e. The van der Waals surface area contributed by atoms with Crippen LogP contribution in [-0.2, 0) is 16.0 Å². The predicted molar refractivity (Wildman–Crippen MR) is 71.0 cm³/mol. The van der Waals surface area contributed by atoms with Gasteiger partial charge in [0, 0.05) is 5.69 Å². The van der Waals surface area contributed by atoms with Crippen molar-refractivity contribution in [2.24, 2.45) is 5.73 Å². The van der Waals surface area contributed by atoms with Gasteiger partial charge in [-0.2, -0.15) is 0 Å². The molecule has 0 aromatic heterocycles. The number of ether oxygens (including phenoxy) is 1. The zero-order chi connectivity index (χ0) is 13.7. The van der Waals surface area contributed by atoms with Crippen molar-refractivity contribution >= 4 is 17.5 Å². The number of fused-ring (bicyclic) bond motifs is 1. The topological polar surface area (TPSA) is 93.5 Å². The van der Waals surface area contributed by atoms with Crippen LogP contribution >= 0.6 is 0 Å². The molecular formula is C13H17N3O3. The van der Waals surface area contributed by atoms with Crippen LogP contribution in [0.15, 0.2) is 18.2 Å². The molecule has 2 amide bonds. The first kappa shape index (κ1) is 13.4. The molecule has 2 rings (SSSR count). The maximum Gasteiger partial charge on any atom is 0.243 e. The Balaban J connectivity index is 1.92. The molecule has 1 aromatic carbocycles. The standard InChI is InChI=1S/C13H17N3O3/c14-7-12(17)15-8-13(18)16-10-3-4-11-9(6-10)2-1-5-19-11/h3-4,6H,1-2,5,7-8,14H2,(H,15,17)(H,16,18). The fourth-order valence-corrected chi connectivity index (χ4v) is 1.89. The third-order valence-electron chi connectivity index (χ3n) is 2.82. The van der Waals surface area contributed by atoms with E-state index in [2.05, 4.69) is 10.6 Å². The van der Waals surface area contributed by atoms with Crippen molar-refractivity contribution in [3.8, 4) is 5.75 Å². The Morgan fingerprint density at radius 1 is 1.32 bits per heavy atom. The van der Waals surface area contributed by atoms with Gasteiger partial charge in [-0.05, 0) is 36.6 Å². The van der Waals surface area contributed by atoms with Crippen LogP contribution in [0.25, 0.3) is 0 Å². The molecule has 1 aliphatic rings. The number of benzene rings is 1. The van der Waals surface area contributed by atoms with E-state index >= 15 is 0 Å². The Morgan fingerprint density at radius 2 is 2.16 bits per heavy atom. The number of hydrogen-bond acceptors (Lipinski definition) is 4. The van der Waals surface area contributed by atoms with Gasteiger partial charge in [-0.25, -0.2) is 0 Å². The highest BCUT2D eigenvalue weighted by Gasteiger charge is 2.11. The second-order valence-corrected chi connectivity index (χ2v) is 4.30. The largest absolute Gasteiger partial charge is 0.493 e. The van der Waals surface area contributed by atoms with Crippen LogP contribution in [0, 0.1) is 0 Å². The number of nitrogens with two attached hydrogens (primary N) is 1. The van der Waals surface area contributed by atoms with Crippen molar-refractivity contribution in [3.63, 3.8) is 0 Å². The van der Waals surface area contributed by atoms with E-state index in [1.165, 1.54) is 0 Å². The number of hydrogen-bond donors (Lipinski definition) is 3. The van der Waals surface area contributed by atoms with Crippen molar-refractivity contribution in [1.82, 2.24) is 5.32 Å². The number of carbonyl (C=O) groups excluding carboxylic acids is 2. The molecule has 0 saturated carbocycles. The van der Waals surface area contributed by atoms with E-state index in [0.29, 0.717) is 5.69 Å². The first-order valence-electron chi connectivity index (χ1n) is 6.21. The summed E-state index contributed by atoms with van der Waals surface area (Å²) >= 11 is 0. The molecule has 0 atom stereocenters. The number of rotatable bonds is 4. The van der Waals surface area contributed by atoms with Gasteiger partial charge < -0.3 is 21.1 Å². The highest BCUT2D eigenvalue weighted by atomic mass is 16.5. The molecule has 1 aromatic rings. The molecule has 0 unspecified atom stereocenters. The summed E-state index contributed by atoms with van der Waals surface area (Å²) in [6.45, 7) is 0.539. The molecule has 0 saturated heterocycles. The highest BCUT2D eigenvalue weighted by Crippen LogP contribution is 2.27. The van der Waals surface area contributed by atoms with Crippen molar-refractivity contribution < 1.29 is 14.3 Å². The average molecular weight is 263 g/mol. The first-order valence-corrected chi connectivity index (χ1v) is 6.21. The third kappa shape index (κ3) is 3.69. The number of aryl methyl sites for hydroxylation is 1. The minimum absolute atomic E-state index is 0.0797. The van der Waals surface area contributed by atoms with E-state index in [1.54, 1.807) is 6.07 Å². The second-order valence-electron chi connectivity index (χ2n) is 4.30. The Morgan fingerprint density at radius 3 is 2.95 bits per heavy atom. The quantitative estimate of drug-likeness (QED) is 0.714. The zero-order valence-corrected chi connectivity index (χ0v) is 10.6. The summed E-state index contributed by atoms with van der Waals surface area (Å²) in [5, 5.41) is 5.14. The normalized spacial score (nSPS) is 13.1. The average Bonchev–Trinajstić information content (AvgIpc) is 2.44. The third-order valence-corrected chi connectivity index (χ3v) is 2.82. The van der Waals surface area contributed by atoms with Gasteiger partial charge in [-0.1, -0.05) is 0 Å². The van der Waals surface area contributed by atoms with Crippen LogP contribution < -0.4 is 21.1 Å². The van der Waals surface area contributed by atoms with Crippen molar-refractivity contribution in [3.05, 3.63) is 23.8 Å². The first-order chi connectivity index (χ1) is 9.19. The molecule has 0 radical (unpaired) electrons. The summed E-state index contributed by atoms with van der Waals surface area (Å²) in [4.78, 5) is 22.5. The van der Waals surface area contributed by atoms with E-state index in [4.69, 9.17) is 10.5 Å². The molecule has 6 nitrogen and oxygen atoms in total. The lowest BCUT2D eigenvalue weighted by Crippen LogP contribution is -2.36. The lowest BCUT2D eigenvalue weighted by atomic mass is 10.1. The van der Waals surface area contributed by atoms with Gasteiger partial charge in [0.2, 0.25) is 11.8 Å². The van der Waals surface area contributed by atoms with Gasteiger partial charge in [0.25, 0.3) is 0 Å². The summed E-state index contributed by atoms with van der Waals surface area (Å²) < 4.78 is 5.49. The SMILES string of the molecule is NCC(=O)NCC(=O)Nc1ccc2c(c1)CCCO2. The van der Waals surface area contributed by atoms with Crippen LogP contribution in [0.5, 0.6) is 5.75 Å². The molecule has 6 heteroatoms. The van der Waals surface area contributed by atoms with E-state index in [9.17, 15) is 9.59 Å². The van der Waals surface area contributed by atoms with Crippen molar-refractivity contribution in [1.29, 1.82) is 0 Å². The van der Waals surface area contributed by atoms with Crippen LogP contribution in [-0.4, -0.2) is 31.5 Å². The molecule has 19 heavy (non-hydrogen) atoms. The predicted octanol–water partition coefficient (Wildman–Crippen LogP) is 0.0250. The van der Waals surface area contributed by atoms with Crippen molar-refractivity contribution in [2.75, 3.05) is 25.0 Å². The molecule has 1 heterocycles. The molecule has 0 fully saturated rings. The Bertz CT molecular complexity index is 488. The van der Waals surface area contributed by atoms with Gasteiger partial charge in [0.05, 0.1) is 19.7 Å². The number of nitrogens with one attached hydrogen (secondary N) is 2. The molecule has 4 N–H and O–H groups in total. The molecule has 102 valence electrons. The van der Waals surface area contributed by atoms with E-state index < -0.39 is 0 Å². The molecule has 1 aliphatic heterocycles. The number of amides is 2. The lowest BCUT2D eigenvalue weighted by Gasteiger charge is -2.18. The number of carbonyl (C=O) groups is 2. The van der Waals surface area contributed by atoms with Crippen LogP contribution in [0.2, 0.25) is 0 Å². The summed E-state index contributed by atoms with van der Waals surface area (Å²) in [6.07, 6.45) is 1.93. The molecule has 0 bridgehead atoms. The van der Waals surface area contributed by atoms with Crippen LogP contribution in [0.1, 0.15) is 12.0 Å². The van der Waals surface area contributed by atoms with Gasteiger partial charge in [-0.3, -0.25) is 9.59 Å². The summed E-state index contributed by atoms with van der Waals surface area (Å²) in [6, 6.07) is 5.53. The summed E-state index contributed by atoms with van der Waals surface area (Å²) in [7, 11) is 0. The zero-order valence-electron chi connectivity index (χ0n) is 10.6. The Kier molecular flexibility index (Phi) is 4.35.